The number of ether oxygens (including phenoxy) is 2. The van der Waals surface area contributed by atoms with Gasteiger partial charge in [0, 0.05) is 30.7 Å². The molecule has 2 aromatic rings. The molecule has 1 aliphatic heterocycles. The minimum atomic E-state index is -0.334. The fourth-order valence-electron chi connectivity index (χ4n) is 3.12. The number of hydrogen-bond acceptors (Lipinski definition) is 5. The van der Waals surface area contributed by atoms with Crippen molar-refractivity contribution in [1.29, 1.82) is 0 Å². The first kappa shape index (κ1) is 20.9. The Kier molecular flexibility index (Phi) is 7.50. The van der Waals surface area contributed by atoms with Crippen LogP contribution in [0.5, 0.6) is 5.88 Å². The molecule has 0 spiro atoms. The molecule has 6 nitrogen and oxygen atoms in total. The summed E-state index contributed by atoms with van der Waals surface area (Å²) in [5.74, 6) is 0.0401. The molecule has 1 aliphatic rings. The third kappa shape index (κ3) is 5.35. The van der Waals surface area contributed by atoms with Crippen LogP contribution in [0.4, 0.5) is 0 Å². The van der Waals surface area contributed by atoms with Crippen LogP contribution in [-0.2, 0) is 4.74 Å². The molecule has 1 N–H and O–H groups in total. The van der Waals surface area contributed by atoms with Gasteiger partial charge in [0.25, 0.3) is 5.91 Å². The van der Waals surface area contributed by atoms with Crippen LogP contribution in [0.25, 0.3) is 0 Å². The quantitative estimate of drug-likeness (QED) is 0.736. The molecule has 1 saturated heterocycles. The average Bonchev–Trinajstić information content (AvgIpc) is 2.71. The van der Waals surface area contributed by atoms with Crippen molar-refractivity contribution in [1.82, 2.24) is 15.2 Å². The van der Waals surface area contributed by atoms with Crippen LogP contribution in [0.15, 0.2) is 36.4 Å². The highest BCUT2D eigenvalue weighted by Crippen LogP contribution is 2.24. The second-order valence-corrected chi connectivity index (χ2v) is 7.18. The summed E-state index contributed by atoms with van der Waals surface area (Å²) in [4.78, 5) is 19.2. The van der Waals surface area contributed by atoms with Gasteiger partial charge < -0.3 is 14.8 Å². The Morgan fingerprint density at radius 1 is 1.21 bits per heavy atom. The highest BCUT2D eigenvalue weighted by molar-refractivity contribution is 6.33. The number of halogens is 2. The van der Waals surface area contributed by atoms with Crippen LogP contribution in [0.2, 0.25) is 10.0 Å². The van der Waals surface area contributed by atoms with Gasteiger partial charge in [0.2, 0.25) is 5.88 Å². The highest BCUT2D eigenvalue weighted by atomic mass is 35.5. The molecule has 1 atom stereocenters. The van der Waals surface area contributed by atoms with Gasteiger partial charge in [0.1, 0.15) is 0 Å². The summed E-state index contributed by atoms with van der Waals surface area (Å²) in [6, 6.07) is 10.9. The molecular formula is C20H23Cl2N3O3. The molecule has 8 heteroatoms. The summed E-state index contributed by atoms with van der Waals surface area (Å²) < 4.78 is 10.8. The number of amides is 1. The first-order valence-corrected chi connectivity index (χ1v) is 9.99. The fourth-order valence-corrected chi connectivity index (χ4v) is 3.43. The number of nitrogens with zero attached hydrogens (tertiary/aromatic N) is 2. The molecule has 150 valence electrons. The number of benzene rings is 1. The topological polar surface area (TPSA) is 63.7 Å². The van der Waals surface area contributed by atoms with Gasteiger partial charge in [0.15, 0.2) is 5.69 Å². The second-order valence-electron chi connectivity index (χ2n) is 6.34. The van der Waals surface area contributed by atoms with Gasteiger partial charge in [-0.25, -0.2) is 4.98 Å². The van der Waals surface area contributed by atoms with E-state index >= 15 is 0 Å². The van der Waals surface area contributed by atoms with Crippen LogP contribution in [-0.4, -0.2) is 55.2 Å². The van der Waals surface area contributed by atoms with E-state index in [0.717, 1.165) is 18.7 Å². The second kappa shape index (κ2) is 10.1. The van der Waals surface area contributed by atoms with E-state index in [1.165, 1.54) is 0 Å². The van der Waals surface area contributed by atoms with Crippen LogP contribution < -0.4 is 10.1 Å². The van der Waals surface area contributed by atoms with Gasteiger partial charge in [-0.15, -0.1) is 0 Å². The summed E-state index contributed by atoms with van der Waals surface area (Å²) in [5.41, 5.74) is 1.23. The molecule has 0 aliphatic carbocycles. The SMILES string of the molecule is CCOc1ccc(Cl)c(C(=O)NCC(c2ccc(Cl)cc2)N2CCOCC2)n1. The molecular weight excluding hydrogens is 401 g/mol. The van der Waals surface area contributed by atoms with Crippen molar-refractivity contribution in [3.05, 3.63) is 57.7 Å². The van der Waals surface area contributed by atoms with Crippen molar-refractivity contribution in [2.75, 3.05) is 39.5 Å². The zero-order chi connectivity index (χ0) is 19.9. The van der Waals surface area contributed by atoms with Crippen molar-refractivity contribution in [3.63, 3.8) is 0 Å². The first-order valence-electron chi connectivity index (χ1n) is 9.23. The van der Waals surface area contributed by atoms with Crippen LogP contribution in [0.3, 0.4) is 0 Å². The molecule has 1 aromatic heterocycles. The normalized spacial score (nSPS) is 15.8. The number of nitrogens with one attached hydrogen (secondary N) is 1. The maximum atomic E-state index is 12.7. The zero-order valence-electron chi connectivity index (χ0n) is 15.7. The van der Waals surface area contributed by atoms with E-state index < -0.39 is 0 Å². The average molecular weight is 424 g/mol. The lowest BCUT2D eigenvalue weighted by Crippen LogP contribution is -2.44. The van der Waals surface area contributed by atoms with Crippen molar-refractivity contribution in [2.24, 2.45) is 0 Å². The maximum absolute atomic E-state index is 12.7. The predicted octanol–water partition coefficient (Wildman–Crippen LogP) is 3.59. The summed E-state index contributed by atoms with van der Waals surface area (Å²) in [7, 11) is 0. The lowest BCUT2D eigenvalue weighted by molar-refractivity contribution is 0.0162. The Bertz CT molecular complexity index is 796. The molecule has 0 saturated carbocycles. The number of hydrogen-bond donors (Lipinski definition) is 1. The van der Waals surface area contributed by atoms with E-state index in [2.05, 4.69) is 15.2 Å². The number of carbonyl (C=O) groups excluding carboxylic acids is 1. The van der Waals surface area contributed by atoms with Crippen molar-refractivity contribution in [2.45, 2.75) is 13.0 Å². The number of carbonyl (C=O) groups is 1. The minimum absolute atomic E-state index is 0.000957. The Labute approximate surface area is 174 Å². The zero-order valence-corrected chi connectivity index (χ0v) is 17.2. The number of rotatable bonds is 7. The number of aromatic nitrogens is 1. The lowest BCUT2D eigenvalue weighted by Gasteiger charge is -2.35. The molecule has 1 aromatic carbocycles. The van der Waals surface area contributed by atoms with E-state index in [0.29, 0.717) is 37.3 Å². The molecule has 1 amide bonds. The molecule has 2 heterocycles. The van der Waals surface area contributed by atoms with Gasteiger partial charge >= 0.3 is 0 Å². The number of pyridine rings is 1. The first-order chi connectivity index (χ1) is 13.6. The van der Waals surface area contributed by atoms with E-state index in [4.69, 9.17) is 32.7 Å². The number of morpholine rings is 1. The summed E-state index contributed by atoms with van der Waals surface area (Å²) in [6.45, 7) is 5.66. The van der Waals surface area contributed by atoms with Crippen LogP contribution in [0.1, 0.15) is 29.0 Å². The van der Waals surface area contributed by atoms with Gasteiger partial charge in [-0.1, -0.05) is 35.3 Å². The Balaban J connectivity index is 1.75. The van der Waals surface area contributed by atoms with Crippen LogP contribution >= 0.6 is 23.2 Å². The fraction of sp³-hybridized carbons (Fsp3) is 0.400. The minimum Gasteiger partial charge on any atom is -0.478 e. The molecule has 1 unspecified atom stereocenters. The molecule has 3 rings (SSSR count). The largest absolute Gasteiger partial charge is 0.478 e. The van der Waals surface area contributed by atoms with Crippen molar-refractivity contribution < 1.29 is 14.3 Å². The highest BCUT2D eigenvalue weighted by Gasteiger charge is 2.24. The van der Waals surface area contributed by atoms with Crippen molar-refractivity contribution in [3.8, 4) is 5.88 Å². The summed E-state index contributed by atoms with van der Waals surface area (Å²) >= 11 is 12.2. The van der Waals surface area contributed by atoms with Gasteiger partial charge in [-0.2, -0.15) is 0 Å². The Morgan fingerprint density at radius 2 is 1.93 bits per heavy atom. The smallest absolute Gasteiger partial charge is 0.271 e. The van der Waals surface area contributed by atoms with Gasteiger partial charge in [0.05, 0.1) is 30.9 Å². The maximum Gasteiger partial charge on any atom is 0.271 e. The Morgan fingerprint density at radius 3 is 2.61 bits per heavy atom. The summed E-state index contributed by atoms with van der Waals surface area (Å²) in [6.07, 6.45) is 0. The molecule has 1 fully saturated rings. The van der Waals surface area contributed by atoms with E-state index in [1.54, 1.807) is 12.1 Å². The Hall–Kier alpha value is -1.86. The lowest BCUT2D eigenvalue weighted by atomic mass is 10.0. The standard InChI is InChI=1S/C20H23Cl2N3O3/c1-2-28-18-8-7-16(22)19(24-18)20(26)23-13-17(25-9-11-27-12-10-25)14-3-5-15(21)6-4-14/h3-8,17H,2,9-13H2,1H3,(H,23,26). The van der Waals surface area contributed by atoms with E-state index in [9.17, 15) is 4.79 Å². The monoisotopic (exact) mass is 423 g/mol. The van der Waals surface area contributed by atoms with Crippen molar-refractivity contribution >= 4 is 29.1 Å². The predicted molar refractivity (Wildman–Crippen MR) is 109 cm³/mol. The van der Waals surface area contributed by atoms with Gasteiger partial charge in [-0.05, 0) is 30.7 Å². The molecule has 0 radical (unpaired) electrons. The van der Waals surface area contributed by atoms with E-state index in [-0.39, 0.29) is 22.7 Å². The molecule has 0 bridgehead atoms. The summed E-state index contributed by atoms with van der Waals surface area (Å²) in [5, 5.41) is 3.93. The van der Waals surface area contributed by atoms with Crippen LogP contribution in [0, 0.1) is 0 Å². The van der Waals surface area contributed by atoms with Gasteiger partial charge in [-0.3, -0.25) is 9.69 Å². The third-order valence-corrected chi connectivity index (χ3v) is 5.08. The third-order valence-electron chi connectivity index (χ3n) is 4.52. The molecule has 28 heavy (non-hydrogen) atoms. The van der Waals surface area contributed by atoms with E-state index in [1.807, 2.05) is 31.2 Å².